The molecule has 8 heteroatoms. The van der Waals surface area contributed by atoms with Crippen molar-refractivity contribution < 1.29 is 19.1 Å². The average molecular weight is 1030 g/mol. The van der Waals surface area contributed by atoms with Crippen LogP contribution in [0.1, 0.15) is 168 Å². The Hall–Kier alpha value is -6.90. The lowest BCUT2D eigenvalue weighted by Gasteiger charge is -2.21. The van der Waals surface area contributed by atoms with E-state index in [9.17, 15) is 9.59 Å². The third-order valence-corrected chi connectivity index (χ3v) is 16.4. The van der Waals surface area contributed by atoms with Crippen LogP contribution in [-0.4, -0.2) is 36.0 Å². The first kappa shape index (κ1) is 56.4. The van der Waals surface area contributed by atoms with Crippen molar-refractivity contribution in [3.05, 3.63) is 45.1 Å². The zero-order chi connectivity index (χ0) is 52.7. The minimum Gasteiger partial charge on any atom is -0.492 e. The number of aryl methyl sites for hydroxylation is 2. The number of fused-ring (bicyclic) bond motifs is 4. The van der Waals surface area contributed by atoms with Crippen LogP contribution in [0.5, 0.6) is 11.5 Å². The smallest absolute Gasteiger partial charge is 0.264 e. The van der Waals surface area contributed by atoms with Crippen molar-refractivity contribution >= 4 is 76.8 Å². The maximum Gasteiger partial charge on any atom is 0.264 e. The van der Waals surface area contributed by atoms with Gasteiger partial charge in [0.15, 0.2) is 0 Å². The molecule has 2 aromatic carbocycles. The molecule has 6 rings (SSSR count). The molecule has 1 aliphatic heterocycles. The minimum atomic E-state index is -0.726. The van der Waals surface area contributed by atoms with E-state index >= 15 is 0 Å². The van der Waals surface area contributed by atoms with Crippen molar-refractivity contribution in [3.8, 4) is 128 Å². The van der Waals surface area contributed by atoms with Crippen molar-refractivity contribution in [2.45, 2.75) is 157 Å². The Bertz CT molecular complexity index is 3420. The standard InChI is InChI=1S/C66H65NO4S3/c1-9-14-19-22-23-24-25-26-27-28-29-30-31-32-33-34-37-48(6)67-65(68)60-50(8)73-64(61(60)66(67)69)59-45-56-58(74-59)44-54-53(63(56)71-47-52(39-18-13-5)41-36-21-16-11-3)43-57-55(42-49(7)72-57)62(54)70-46-51(38-17-12-4)40-35-20-15-10-2/h1,42-45,48,51-52H,10-13,15-18,20-21,35-36,38-41,46-47H2,2-8H3. The molecule has 376 valence electrons. The molecule has 3 aromatic heterocycles. The first-order chi connectivity index (χ1) is 36.1. The minimum absolute atomic E-state index is 0.349. The van der Waals surface area contributed by atoms with Crippen LogP contribution in [0.4, 0.5) is 0 Å². The molecule has 0 bridgehead atoms. The molecule has 2 amide bonds. The number of ether oxygens (including phenoxy) is 2. The summed E-state index contributed by atoms with van der Waals surface area (Å²) >= 11 is 4.94. The van der Waals surface area contributed by atoms with Gasteiger partial charge in [0.05, 0.1) is 35.3 Å². The van der Waals surface area contributed by atoms with Crippen molar-refractivity contribution in [3.63, 3.8) is 0 Å². The summed E-state index contributed by atoms with van der Waals surface area (Å²) in [5.41, 5.74) is 0.871. The SMILES string of the molecule is C#CC#CC#CC#CC#CC#CC#CC#CC#CC(C)N1C(=O)c2c(C)sc(-c3cc4c(OCC(CCCC)CCCCCC)c5cc6sc(C)cc6c(OCC(CCCC)CCCCCC)c5cc4s3)c2C1=O. The quantitative estimate of drug-likeness (QED) is 0.0351. The lowest BCUT2D eigenvalue weighted by atomic mass is 9.95. The van der Waals surface area contributed by atoms with E-state index in [2.05, 4.69) is 160 Å². The third kappa shape index (κ3) is 15.1. The van der Waals surface area contributed by atoms with Gasteiger partial charge in [-0.3, -0.25) is 14.5 Å². The van der Waals surface area contributed by atoms with Gasteiger partial charge in [0.2, 0.25) is 0 Å². The summed E-state index contributed by atoms with van der Waals surface area (Å²) in [5, 5.41) is 4.28. The van der Waals surface area contributed by atoms with Crippen LogP contribution in [0.15, 0.2) is 24.3 Å². The van der Waals surface area contributed by atoms with E-state index < -0.39 is 6.04 Å². The lowest BCUT2D eigenvalue weighted by Crippen LogP contribution is -2.37. The maximum atomic E-state index is 14.5. The normalized spacial score (nSPS) is 12.2. The molecule has 0 N–H and O–H groups in total. The molecule has 3 atom stereocenters. The fourth-order valence-corrected chi connectivity index (χ4v) is 12.6. The summed E-state index contributed by atoms with van der Waals surface area (Å²) in [6.07, 6.45) is 24.3. The van der Waals surface area contributed by atoms with Gasteiger partial charge in [0.1, 0.15) is 11.5 Å². The first-order valence-corrected chi connectivity index (χ1v) is 28.8. The predicted octanol–water partition coefficient (Wildman–Crippen LogP) is 15.6. The Morgan fingerprint density at radius 2 is 0.959 bits per heavy atom. The highest BCUT2D eigenvalue weighted by Gasteiger charge is 2.43. The summed E-state index contributed by atoms with van der Waals surface area (Å²) in [5.74, 6) is 45.6. The first-order valence-electron chi connectivity index (χ1n) is 26.3. The topological polar surface area (TPSA) is 55.8 Å². The predicted molar refractivity (Wildman–Crippen MR) is 313 cm³/mol. The second-order valence-corrected chi connectivity index (χ2v) is 22.3. The summed E-state index contributed by atoms with van der Waals surface area (Å²) < 4.78 is 16.6. The summed E-state index contributed by atoms with van der Waals surface area (Å²) in [6.45, 7) is 16.2. The van der Waals surface area contributed by atoms with Gasteiger partial charge in [0, 0.05) is 45.6 Å². The van der Waals surface area contributed by atoms with Crippen LogP contribution in [0.3, 0.4) is 0 Å². The summed E-state index contributed by atoms with van der Waals surface area (Å²) in [7, 11) is 0. The van der Waals surface area contributed by atoms with Crippen molar-refractivity contribution in [2.24, 2.45) is 11.8 Å². The number of carbonyl (C=O) groups excluding carboxylic acids is 2. The van der Waals surface area contributed by atoms with Crippen LogP contribution in [0, 0.1) is 133 Å². The number of unbranched alkanes of at least 4 members (excludes halogenated alkanes) is 8. The molecule has 0 spiro atoms. The number of imide groups is 1. The van der Waals surface area contributed by atoms with E-state index in [4.69, 9.17) is 15.9 Å². The Balaban J connectivity index is 1.35. The molecule has 0 saturated heterocycles. The maximum absolute atomic E-state index is 14.5. The zero-order valence-electron chi connectivity index (χ0n) is 44.2. The largest absolute Gasteiger partial charge is 0.492 e. The van der Waals surface area contributed by atoms with Crippen LogP contribution >= 0.6 is 34.0 Å². The van der Waals surface area contributed by atoms with Gasteiger partial charge in [-0.25, -0.2) is 0 Å². The number of rotatable bonds is 24. The van der Waals surface area contributed by atoms with Gasteiger partial charge in [-0.15, -0.1) is 40.4 Å². The van der Waals surface area contributed by atoms with Crippen LogP contribution in [0.25, 0.3) is 40.7 Å². The van der Waals surface area contributed by atoms with E-state index in [-0.39, 0.29) is 11.8 Å². The number of amides is 2. The third-order valence-electron chi connectivity index (χ3n) is 13.0. The molecule has 74 heavy (non-hydrogen) atoms. The van der Waals surface area contributed by atoms with Gasteiger partial charge in [-0.05, 0) is 177 Å². The molecular weight excluding hydrogens is 967 g/mol. The number of nitrogens with zero attached hydrogens (tertiary/aromatic N) is 1. The lowest BCUT2D eigenvalue weighted by molar-refractivity contribution is 0.0630. The van der Waals surface area contributed by atoms with E-state index in [1.165, 1.54) is 103 Å². The second kappa shape index (κ2) is 29.7. The summed E-state index contributed by atoms with van der Waals surface area (Å²) in [6, 6.07) is 8.35. The van der Waals surface area contributed by atoms with E-state index in [0.717, 1.165) is 78.1 Å². The average Bonchev–Trinajstić information content (AvgIpc) is 4.15. The Morgan fingerprint density at radius 3 is 1.46 bits per heavy atom. The van der Waals surface area contributed by atoms with Gasteiger partial charge < -0.3 is 9.47 Å². The highest BCUT2D eigenvalue weighted by atomic mass is 32.1. The van der Waals surface area contributed by atoms with Gasteiger partial charge in [-0.1, -0.05) is 111 Å². The van der Waals surface area contributed by atoms with Crippen molar-refractivity contribution in [1.29, 1.82) is 0 Å². The number of terminal acetylenes is 1. The molecule has 3 unspecified atom stereocenters. The number of hydrogen-bond donors (Lipinski definition) is 0. The molecule has 5 nitrogen and oxygen atoms in total. The van der Waals surface area contributed by atoms with E-state index in [0.29, 0.717) is 36.2 Å². The Morgan fingerprint density at radius 1 is 0.514 bits per heavy atom. The number of hydrogen-bond acceptors (Lipinski definition) is 7. The highest BCUT2D eigenvalue weighted by Crippen LogP contribution is 2.51. The Labute approximate surface area is 453 Å². The van der Waals surface area contributed by atoms with Crippen LogP contribution in [0.2, 0.25) is 0 Å². The molecule has 4 heterocycles. The molecule has 0 saturated carbocycles. The molecule has 0 fully saturated rings. The van der Waals surface area contributed by atoms with Crippen molar-refractivity contribution in [2.75, 3.05) is 13.2 Å². The van der Waals surface area contributed by atoms with Crippen LogP contribution in [-0.2, 0) is 0 Å². The second-order valence-electron chi connectivity index (χ2n) is 18.7. The highest BCUT2D eigenvalue weighted by molar-refractivity contribution is 7.26. The van der Waals surface area contributed by atoms with E-state index in [1.807, 2.05) is 6.92 Å². The van der Waals surface area contributed by atoms with E-state index in [1.54, 1.807) is 29.6 Å². The fourth-order valence-electron chi connectivity index (χ4n) is 9.25. The van der Waals surface area contributed by atoms with Gasteiger partial charge in [0.25, 0.3) is 11.8 Å². The van der Waals surface area contributed by atoms with Crippen molar-refractivity contribution in [1.82, 2.24) is 4.90 Å². The molecular formula is C66H65NO4S3. The fraction of sp³-hybridized carbons (Fsp3) is 0.424. The zero-order valence-corrected chi connectivity index (χ0v) is 46.6. The molecule has 0 radical (unpaired) electrons. The number of thiophene rings is 3. The number of carbonyl (C=O) groups is 2. The molecule has 0 aliphatic carbocycles. The molecule has 1 aliphatic rings. The monoisotopic (exact) mass is 1030 g/mol. The van der Waals surface area contributed by atoms with Crippen LogP contribution < -0.4 is 9.47 Å². The number of benzene rings is 2. The molecule has 5 aromatic rings. The summed E-state index contributed by atoms with van der Waals surface area (Å²) in [4.78, 5) is 33.6. The van der Waals surface area contributed by atoms with Gasteiger partial charge in [-0.2, -0.15) is 0 Å². The Kier molecular flexibility index (Phi) is 22.6. The van der Waals surface area contributed by atoms with Gasteiger partial charge >= 0.3 is 0 Å².